The number of benzene rings is 2. The Morgan fingerprint density at radius 2 is 1.91 bits per heavy atom. The summed E-state index contributed by atoms with van der Waals surface area (Å²) in [5.41, 5.74) is 1.41. The van der Waals surface area contributed by atoms with Gasteiger partial charge in [-0.1, -0.05) is 24.3 Å². The SMILES string of the molecule is COc1cc(-c2ccc(F)c3ccccc23)nc(NCCO)n1. The molecule has 0 bridgehead atoms. The van der Waals surface area contributed by atoms with Crippen molar-refractivity contribution in [2.24, 2.45) is 0 Å². The predicted molar refractivity (Wildman–Crippen MR) is 87.1 cm³/mol. The van der Waals surface area contributed by atoms with E-state index in [-0.39, 0.29) is 12.4 Å². The minimum atomic E-state index is -0.274. The first kappa shape index (κ1) is 15.2. The van der Waals surface area contributed by atoms with Crippen LogP contribution in [0.2, 0.25) is 0 Å². The number of fused-ring (bicyclic) bond motifs is 1. The first-order valence-electron chi connectivity index (χ1n) is 7.18. The normalized spacial score (nSPS) is 10.7. The van der Waals surface area contributed by atoms with Crippen LogP contribution in [-0.4, -0.2) is 35.3 Å². The Hall–Kier alpha value is -2.73. The Morgan fingerprint density at radius 1 is 1.13 bits per heavy atom. The van der Waals surface area contributed by atoms with Gasteiger partial charge in [-0.05, 0) is 17.5 Å². The molecule has 5 nitrogen and oxygen atoms in total. The van der Waals surface area contributed by atoms with Crippen molar-refractivity contribution in [1.29, 1.82) is 0 Å². The second-order valence-electron chi connectivity index (χ2n) is 4.91. The maximum atomic E-state index is 14.0. The topological polar surface area (TPSA) is 67.3 Å². The highest BCUT2D eigenvalue weighted by Crippen LogP contribution is 2.31. The molecule has 0 saturated carbocycles. The summed E-state index contributed by atoms with van der Waals surface area (Å²) in [4.78, 5) is 8.62. The number of nitrogens with zero attached hydrogens (tertiary/aromatic N) is 2. The number of rotatable bonds is 5. The second-order valence-corrected chi connectivity index (χ2v) is 4.91. The Morgan fingerprint density at radius 3 is 2.65 bits per heavy atom. The molecule has 0 aliphatic carbocycles. The van der Waals surface area contributed by atoms with Gasteiger partial charge < -0.3 is 15.2 Å². The highest BCUT2D eigenvalue weighted by molar-refractivity contribution is 5.96. The number of aliphatic hydroxyl groups is 1. The minimum absolute atomic E-state index is 0.0324. The molecule has 0 unspecified atom stereocenters. The smallest absolute Gasteiger partial charge is 0.226 e. The first-order chi connectivity index (χ1) is 11.2. The zero-order valence-corrected chi connectivity index (χ0v) is 12.6. The lowest BCUT2D eigenvalue weighted by molar-refractivity contribution is 0.310. The number of methoxy groups -OCH3 is 1. The van der Waals surface area contributed by atoms with E-state index in [0.717, 1.165) is 10.9 Å². The molecule has 0 atom stereocenters. The van der Waals surface area contributed by atoms with E-state index in [1.807, 2.05) is 12.1 Å². The van der Waals surface area contributed by atoms with Crippen LogP contribution in [0.25, 0.3) is 22.0 Å². The lowest BCUT2D eigenvalue weighted by Crippen LogP contribution is -2.09. The Kier molecular flexibility index (Phi) is 4.34. The molecule has 6 heteroatoms. The Labute approximate surface area is 132 Å². The molecule has 0 aliphatic heterocycles. The van der Waals surface area contributed by atoms with Gasteiger partial charge in [-0.2, -0.15) is 4.98 Å². The van der Waals surface area contributed by atoms with Crippen molar-refractivity contribution < 1.29 is 14.2 Å². The van der Waals surface area contributed by atoms with E-state index in [2.05, 4.69) is 15.3 Å². The predicted octanol–water partition coefficient (Wildman–Crippen LogP) is 2.85. The molecule has 0 amide bonds. The van der Waals surface area contributed by atoms with Crippen molar-refractivity contribution in [3.63, 3.8) is 0 Å². The molecule has 3 rings (SSSR count). The van der Waals surface area contributed by atoms with E-state index in [1.165, 1.54) is 13.2 Å². The molecule has 1 aromatic heterocycles. The highest BCUT2D eigenvalue weighted by Gasteiger charge is 2.11. The van der Waals surface area contributed by atoms with Crippen LogP contribution in [0.15, 0.2) is 42.5 Å². The van der Waals surface area contributed by atoms with Gasteiger partial charge in [-0.25, -0.2) is 9.37 Å². The maximum absolute atomic E-state index is 14.0. The number of halogens is 1. The van der Waals surface area contributed by atoms with Gasteiger partial charge in [0.1, 0.15) is 5.82 Å². The molecular formula is C17H16FN3O2. The average molecular weight is 313 g/mol. The quantitative estimate of drug-likeness (QED) is 0.758. The molecule has 1 heterocycles. The molecule has 2 N–H and O–H groups in total. The van der Waals surface area contributed by atoms with E-state index in [9.17, 15) is 4.39 Å². The van der Waals surface area contributed by atoms with E-state index in [0.29, 0.717) is 29.5 Å². The number of hydrogen-bond donors (Lipinski definition) is 2. The molecule has 23 heavy (non-hydrogen) atoms. The fraction of sp³-hybridized carbons (Fsp3) is 0.176. The molecule has 0 aliphatic rings. The molecule has 2 aromatic carbocycles. The Bertz CT molecular complexity index is 839. The van der Waals surface area contributed by atoms with Gasteiger partial charge in [0.15, 0.2) is 0 Å². The monoisotopic (exact) mass is 313 g/mol. The number of hydrogen-bond acceptors (Lipinski definition) is 5. The first-order valence-corrected chi connectivity index (χ1v) is 7.18. The van der Waals surface area contributed by atoms with Crippen LogP contribution in [0.5, 0.6) is 5.88 Å². The molecule has 3 aromatic rings. The van der Waals surface area contributed by atoms with Crippen molar-refractivity contribution in [3.8, 4) is 17.1 Å². The van der Waals surface area contributed by atoms with Crippen LogP contribution in [0, 0.1) is 5.82 Å². The van der Waals surface area contributed by atoms with Crippen LogP contribution in [-0.2, 0) is 0 Å². The third-order valence-electron chi connectivity index (χ3n) is 3.45. The van der Waals surface area contributed by atoms with Crippen molar-refractivity contribution >= 4 is 16.7 Å². The second kappa shape index (κ2) is 6.58. The van der Waals surface area contributed by atoms with E-state index < -0.39 is 0 Å². The number of aromatic nitrogens is 2. The lowest BCUT2D eigenvalue weighted by atomic mass is 10.0. The van der Waals surface area contributed by atoms with Gasteiger partial charge in [0.05, 0.1) is 19.4 Å². The summed E-state index contributed by atoms with van der Waals surface area (Å²) in [7, 11) is 1.52. The number of aliphatic hydroxyl groups excluding tert-OH is 1. The fourth-order valence-corrected chi connectivity index (χ4v) is 2.40. The summed E-state index contributed by atoms with van der Waals surface area (Å²) < 4.78 is 19.2. The third-order valence-corrected chi connectivity index (χ3v) is 3.45. The summed E-state index contributed by atoms with van der Waals surface area (Å²) in [5, 5.41) is 13.1. The van der Waals surface area contributed by atoms with Crippen molar-refractivity contribution in [2.75, 3.05) is 25.6 Å². The van der Waals surface area contributed by atoms with Gasteiger partial charge in [0.2, 0.25) is 11.8 Å². The van der Waals surface area contributed by atoms with Gasteiger partial charge in [0.25, 0.3) is 0 Å². The van der Waals surface area contributed by atoms with Gasteiger partial charge in [-0.3, -0.25) is 0 Å². The molecular weight excluding hydrogens is 297 g/mol. The van der Waals surface area contributed by atoms with Crippen LogP contribution in [0.1, 0.15) is 0 Å². The zero-order chi connectivity index (χ0) is 16.2. The number of ether oxygens (including phenoxy) is 1. The number of anilines is 1. The molecule has 118 valence electrons. The standard InChI is InChI=1S/C17H16FN3O2/c1-23-16-10-15(20-17(21-16)19-8-9-22)13-6-7-14(18)12-5-3-2-4-11(12)13/h2-7,10,22H,8-9H2,1H3,(H,19,20,21). The third kappa shape index (κ3) is 3.07. The number of nitrogens with one attached hydrogen (secondary N) is 1. The van der Waals surface area contributed by atoms with Crippen LogP contribution in [0.4, 0.5) is 10.3 Å². The fourth-order valence-electron chi connectivity index (χ4n) is 2.40. The van der Waals surface area contributed by atoms with E-state index >= 15 is 0 Å². The van der Waals surface area contributed by atoms with Crippen LogP contribution in [0.3, 0.4) is 0 Å². The van der Waals surface area contributed by atoms with E-state index in [4.69, 9.17) is 9.84 Å². The summed E-state index contributed by atoms with van der Waals surface area (Å²) in [5.74, 6) is 0.467. The zero-order valence-electron chi connectivity index (χ0n) is 12.6. The minimum Gasteiger partial charge on any atom is -0.481 e. The van der Waals surface area contributed by atoms with Gasteiger partial charge in [0, 0.05) is 23.6 Å². The molecule has 0 saturated heterocycles. The van der Waals surface area contributed by atoms with Crippen molar-refractivity contribution in [1.82, 2.24) is 9.97 Å². The van der Waals surface area contributed by atoms with Gasteiger partial charge in [-0.15, -0.1) is 0 Å². The van der Waals surface area contributed by atoms with Crippen LogP contribution < -0.4 is 10.1 Å². The maximum Gasteiger partial charge on any atom is 0.226 e. The summed E-state index contributed by atoms with van der Waals surface area (Å²) in [6, 6.07) is 12.0. The Balaban J connectivity index is 2.16. The molecule has 0 fully saturated rings. The lowest BCUT2D eigenvalue weighted by Gasteiger charge is -2.11. The highest BCUT2D eigenvalue weighted by atomic mass is 19.1. The average Bonchev–Trinajstić information content (AvgIpc) is 2.60. The van der Waals surface area contributed by atoms with Gasteiger partial charge >= 0.3 is 0 Å². The van der Waals surface area contributed by atoms with E-state index in [1.54, 1.807) is 24.3 Å². The summed E-state index contributed by atoms with van der Waals surface area (Å²) >= 11 is 0. The van der Waals surface area contributed by atoms with Crippen molar-refractivity contribution in [3.05, 3.63) is 48.3 Å². The van der Waals surface area contributed by atoms with Crippen molar-refractivity contribution in [2.45, 2.75) is 0 Å². The molecule has 0 radical (unpaired) electrons. The summed E-state index contributed by atoms with van der Waals surface area (Å²) in [6.07, 6.45) is 0. The largest absolute Gasteiger partial charge is 0.481 e. The van der Waals surface area contributed by atoms with Crippen LogP contribution >= 0.6 is 0 Å². The summed E-state index contributed by atoms with van der Waals surface area (Å²) in [6.45, 7) is 0.298. The molecule has 0 spiro atoms.